The largest absolute Gasteiger partial charge is 0.406 e. The van der Waals surface area contributed by atoms with Crippen LogP contribution >= 0.6 is 15.9 Å². The molecular weight excluding hydrogens is 328 g/mol. The predicted molar refractivity (Wildman–Crippen MR) is 93.9 cm³/mol. The molecule has 0 heterocycles. The zero-order valence-electron chi connectivity index (χ0n) is 14.2. The van der Waals surface area contributed by atoms with Crippen molar-refractivity contribution in [3.8, 4) is 0 Å². The van der Waals surface area contributed by atoms with E-state index in [9.17, 15) is 0 Å². The summed E-state index contributed by atoms with van der Waals surface area (Å²) >= 11 is 3.88. The standard InChI is InChI=1S/C17H29BrOSi/c1-14(2,3)20(7,8)19-17-12-10-15(4,5)9-11-16(17,6)13(17)18/h9-13H,1-8H3/t13-,16?,17?/m1/s1. The molecule has 2 rings (SSSR count). The average Bonchev–Trinajstić information content (AvgIpc) is 2.74. The van der Waals surface area contributed by atoms with E-state index >= 15 is 0 Å². The maximum absolute atomic E-state index is 6.85. The molecule has 3 atom stereocenters. The number of fused-ring (bicyclic) bond motifs is 1. The zero-order valence-corrected chi connectivity index (χ0v) is 16.8. The lowest BCUT2D eigenvalue weighted by molar-refractivity contribution is 0.175. The minimum atomic E-state index is -1.80. The quantitative estimate of drug-likeness (QED) is 0.351. The molecule has 2 unspecified atom stereocenters. The molecule has 1 fully saturated rings. The fourth-order valence-electron chi connectivity index (χ4n) is 2.61. The summed E-state index contributed by atoms with van der Waals surface area (Å²) in [5.41, 5.74) is 0.0278. The normalized spacial score (nSPS) is 39.4. The van der Waals surface area contributed by atoms with Crippen molar-refractivity contribution in [2.24, 2.45) is 10.8 Å². The Hall–Kier alpha value is 0.137. The highest BCUT2D eigenvalue weighted by Gasteiger charge is 2.73. The van der Waals surface area contributed by atoms with Gasteiger partial charge in [0.05, 0.1) is 10.4 Å². The van der Waals surface area contributed by atoms with E-state index in [1.807, 2.05) is 0 Å². The molecule has 114 valence electrons. The summed E-state index contributed by atoms with van der Waals surface area (Å²) in [7, 11) is -1.80. The maximum atomic E-state index is 6.85. The fraction of sp³-hybridized carbons (Fsp3) is 0.765. The number of allylic oxidation sites excluding steroid dienone is 2. The van der Waals surface area contributed by atoms with Crippen molar-refractivity contribution >= 4 is 24.2 Å². The Labute approximate surface area is 134 Å². The molecule has 0 aromatic heterocycles. The Morgan fingerprint density at radius 2 is 1.50 bits per heavy atom. The Kier molecular flexibility index (Phi) is 3.57. The van der Waals surface area contributed by atoms with Crippen LogP contribution in [0.25, 0.3) is 0 Å². The first-order valence-electron chi connectivity index (χ1n) is 7.53. The third-order valence-electron chi connectivity index (χ3n) is 5.51. The van der Waals surface area contributed by atoms with E-state index < -0.39 is 8.32 Å². The number of alkyl halides is 1. The summed E-state index contributed by atoms with van der Waals surface area (Å²) < 4.78 is 6.85. The zero-order chi connectivity index (χ0) is 15.6. The minimum absolute atomic E-state index is 0.0762. The lowest BCUT2D eigenvalue weighted by Crippen LogP contribution is -2.46. The highest BCUT2D eigenvalue weighted by molar-refractivity contribution is 9.09. The molecule has 20 heavy (non-hydrogen) atoms. The van der Waals surface area contributed by atoms with E-state index in [-0.39, 0.29) is 21.5 Å². The third-order valence-corrected chi connectivity index (χ3v) is 11.6. The molecule has 0 spiro atoms. The first-order valence-corrected chi connectivity index (χ1v) is 11.3. The van der Waals surface area contributed by atoms with Crippen LogP contribution in [0.1, 0.15) is 41.5 Å². The van der Waals surface area contributed by atoms with Gasteiger partial charge in [-0.05, 0) is 18.1 Å². The van der Waals surface area contributed by atoms with Crippen LogP contribution < -0.4 is 0 Å². The van der Waals surface area contributed by atoms with Crippen molar-refractivity contribution in [1.29, 1.82) is 0 Å². The molecule has 0 aliphatic heterocycles. The van der Waals surface area contributed by atoms with Crippen LogP contribution in [0.2, 0.25) is 18.1 Å². The van der Waals surface area contributed by atoms with Crippen LogP contribution in [0, 0.1) is 10.8 Å². The van der Waals surface area contributed by atoms with E-state index in [1.165, 1.54) is 0 Å². The summed E-state index contributed by atoms with van der Waals surface area (Å²) in [6.45, 7) is 18.4. The summed E-state index contributed by atoms with van der Waals surface area (Å²) in [6.07, 6.45) is 9.32. The highest BCUT2D eigenvalue weighted by atomic mass is 79.9. The first-order chi connectivity index (χ1) is 8.78. The summed E-state index contributed by atoms with van der Waals surface area (Å²) in [5.74, 6) is 0. The molecule has 2 aliphatic carbocycles. The Balaban J connectivity index is 2.38. The van der Waals surface area contributed by atoms with E-state index in [1.54, 1.807) is 0 Å². The van der Waals surface area contributed by atoms with Gasteiger partial charge in [0, 0.05) is 10.8 Å². The van der Waals surface area contributed by atoms with Gasteiger partial charge in [-0.25, -0.2) is 0 Å². The average molecular weight is 357 g/mol. The van der Waals surface area contributed by atoms with Gasteiger partial charge in [0.15, 0.2) is 8.32 Å². The van der Waals surface area contributed by atoms with Crippen molar-refractivity contribution in [3.63, 3.8) is 0 Å². The molecule has 0 N–H and O–H groups in total. The lowest BCUT2D eigenvalue weighted by Gasteiger charge is -2.40. The second kappa shape index (κ2) is 4.33. The van der Waals surface area contributed by atoms with Gasteiger partial charge in [-0.1, -0.05) is 81.8 Å². The maximum Gasteiger partial charge on any atom is 0.193 e. The van der Waals surface area contributed by atoms with Crippen molar-refractivity contribution in [1.82, 2.24) is 0 Å². The van der Waals surface area contributed by atoms with Gasteiger partial charge in [0.1, 0.15) is 0 Å². The second-order valence-electron chi connectivity index (χ2n) is 8.79. The fourth-order valence-corrected chi connectivity index (χ4v) is 5.46. The predicted octanol–water partition coefficient (Wildman–Crippen LogP) is 5.68. The van der Waals surface area contributed by atoms with Crippen LogP contribution in [-0.4, -0.2) is 18.7 Å². The Morgan fingerprint density at radius 1 is 1.00 bits per heavy atom. The molecule has 1 saturated carbocycles. The van der Waals surface area contributed by atoms with Crippen molar-refractivity contribution in [2.75, 3.05) is 0 Å². The first kappa shape index (κ1) is 16.5. The van der Waals surface area contributed by atoms with Gasteiger partial charge in [-0.2, -0.15) is 0 Å². The lowest BCUT2D eigenvalue weighted by atomic mass is 9.92. The monoisotopic (exact) mass is 356 g/mol. The van der Waals surface area contributed by atoms with E-state index in [0.717, 1.165) is 0 Å². The SMILES string of the molecule is CC1(C)C=CC2(C)[C@@H](Br)C2(O[Si](C)(C)C(C)(C)C)C=C1. The molecule has 0 aromatic rings. The van der Waals surface area contributed by atoms with Crippen molar-refractivity contribution in [2.45, 2.75) is 70.1 Å². The number of hydrogen-bond donors (Lipinski definition) is 0. The Morgan fingerprint density at radius 3 is 2.00 bits per heavy atom. The molecule has 1 nitrogen and oxygen atoms in total. The van der Waals surface area contributed by atoms with Crippen LogP contribution in [-0.2, 0) is 4.43 Å². The summed E-state index contributed by atoms with van der Waals surface area (Å²) in [5, 5.41) is 0.233. The molecule has 0 bridgehead atoms. The third kappa shape index (κ3) is 2.30. The van der Waals surface area contributed by atoms with Gasteiger partial charge in [0.2, 0.25) is 0 Å². The van der Waals surface area contributed by atoms with Gasteiger partial charge in [0.25, 0.3) is 0 Å². The van der Waals surface area contributed by atoms with Gasteiger partial charge < -0.3 is 4.43 Å². The Bertz CT molecular complexity index is 472. The number of hydrogen-bond acceptors (Lipinski definition) is 1. The van der Waals surface area contributed by atoms with Crippen LogP contribution in [0.15, 0.2) is 24.3 Å². The van der Waals surface area contributed by atoms with Gasteiger partial charge in [-0.3, -0.25) is 0 Å². The van der Waals surface area contributed by atoms with Gasteiger partial charge >= 0.3 is 0 Å². The van der Waals surface area contributed by atoms with E-state index in [4.69, 9.17) is 4.43 Å². The summed E-state index contributed by atoms with van der Waals surface area (Å²) in [4.78, 5) is 0.375. The van der Waals surface area contributed by atoms with Crippen LogP contribution in [0.5, 0.6) is 0 Å². The van der Waals surface area contributed by atoms with Gasteiger partial charge in [-0.15, -0.1) is 0 Å². The second-order valence-corrected chi connectivity index (χ2v) is 14.4. The number of halogens is 1. The highest BCUT2D eigenvalue weighted by Crippen LogP contribution is 2.67. The molecule has 0 amide bonds. The van der Waals surface area contributed by atoms with E-state index in [2.05, 4.69) is 94.9 Å². The summed E-state index contributed by atoms with van der Waals surface area (Å²) in [6, 6.07) is 0. The molecule has 3 heteroatoms. The van der Waals surface area contributed by atoms with Crippen LogP contribution in [0.3, 0.4) is 0 Å². The molecular formula is C17H29BrOSi. The van der Waals surface area contributed by atoms with Crippen molar-refractivity contribution in [3.05, 3.63) is 24.3 Å². The molecule has 0 saturated heterocycles. The van der Waals surface area contributed by atoms with Crippen molar-refractivity contribution < 1.29 is 4.43 Å². The molecule has 2 aliphatic rings. The van der Waals surface area contributed by atoms with Crippen LogP contribution in [0.4, 0.5) is 0 Å². The smallest absolute Gasteiger partial charge is 0.193 e. The topological polar surface area (TPSA) is 9.23 Å². The molecule has 0 aromatic carbocycles. The number of rotatable bonds is 2. The van der Waals surface area contributed by atoms with E-state index in [0.29, 0.717) is 4.83 Å². The minimum Gasteiger partial charge on any atom is -0.406 e. The molecule has 0 radical (unpaired) electrons.